The SMILES string of the molecule is Cc1ccc(O)c(C(O)C(O)C(N)=O)n1. The molecular formula is C9H12N2O4. The Labute approximate surface area is 86.0 Å². The van der Waals surface area contributed by atoms with E-state index in [1.807, 2.05) is 0 Å². The van der Waals surface area contributed by atoms with Crippen molar-refractivity contribution in [2.24, 2.45) is 5.73 Å². The van der Waals surface area contributed by atoms with E-state index in [0.717, 1.165) is 0 Å². The summed E-state index contributed by atoms with van der Waals surface area (Å²) >= 11 is 0. The van der Waals surface area contributed by atoms with Crippen LogP contribution in [0.3, 0.4) is 0 Å². The second kappa shape index (κ2) is 4.24. The lowest BCUT2D eigenvalue weighted by molar-refractivity contribution is -0.132. The highest BCUT2D eigenvalue weighted by Gasteiger charge is 2.26. The number of aliphatic hydroxyl groups excluding tert-OH is 2. The van der Waals surface area contributed by atoms with Crippen LogP contribution in [0.4, 0.5) is 0 Å². The second-order valence-electron chi connectivity index (χ2n) is 3.15. The predicted molar refractivity (Wildman–Crippen MR) is 50.8 cm³/mol. The number of pyridine rings is 1. The summed E-state index contributed by atoms with van der Waals surface area (Å²) in [5, 5.41) is 28.0. The summed E-state index contributed by atoms with van der Waals surface area (Å²) in [6.07, 6.45) is -3.41. The fourth-order valence-corrected chi connectivity index (χ4v) is 1.09. The maximum absolute atomic E-state index is 10.6. The van der Waals surface area contributed by atoms with Gasteiger partial charge in [0.2, 0.25) is 5.91 Å². The zero-order valence-electron chi connectivity index (χ0n) is 8.08. The van der Waals surface area contributed by atoms with Gasteiger partial charge in [-0.25, -0.2) is 0 Å². The van der Waals surface area contributed by atoms with E-state index in [9.17, 15) is 20.1 Å². The van der Waals surface area contributed by atoms with E-state index >= 15 is 0 Å². The summed E-state index contributed by atoms with van der Waals surface area (Å²) in [6, 6.07) is 2.84. The molecule has 0 saturated heterocycles. The van der Waals surface area contributed by atoms with Crippen LogP contribution < -0.4 is 5.73 Å². The minimum atomic E-state index is -1.79. The Morgan fingerprint density at radius 1 is 1.47 bits per heavy atom. The van der Waals surface area contributed by atoms with Crippen LogP contribution in [0.15, 0.2) is 12.1 Å². The lowest BCUT2D eigenvalue weighted by atomic mass is 10.1. The van der Waals surface area contributed by atoms with Crippen LogP contribution in [0, 0.1) is 6.92 Å². The summed E-state index contributed by atoms with van der Waals surface area (Å²) in [5.41, 5.74) is 5.18. The van der Waals surface area contributed by atoms with Crippen LogP contribution in [-0.2, 0) is 4.79 Å². The highest BCUT2D eigenvalue weighted by atomic mass is 16.3. The first-order valence-electron chi connectivity index (χ1n) is 4.25. The topological polar surface area (TPSA) is 117 Å². The van der Waals surface area contributed by atoms with Gasteiger partial charge in [0.1, 0.15) is 17.5 Å². The van der Waals surface area contributed by atoms with Gasteiger partial charge in [0, 0.05) is 5.69 Å². The number of carbonyl (C=O) groups excluding carboxylic acids is 1. The first kappa shape index (κ1) is 11.4. The van der Waals surface area contributed by atoms with E-state index in [-0.39, 0.29) is 11.4 Å². The van der Waals surface area contributed by atoms with Gasteiger partial charge in [-0.15, -0.1) is 0 Å². The normalized spacial score (nSPS) is 14.6. The molecule has 0 aromatic carbocycles. The molecule has 0 aliphatic rings. The largest absolute Gasteiger partial charge is 0.506 e. The van der Waals surface area contributed by atoms with E-state index in [4.69, 9.17) is 5.73 Å². The minimum Gasteiger partial charge on any atom is -0.506 e. The van der Waals surface area contributed by atoms with Gasteiger partial charge in [0.05, 0.1) is 0 Å². The number of aliphatic hydroxyl groups is 2. The number of nitrogens with zero attached hydrogens (tertiary/aromatic N) is 1. The molecule has 1 aromatic heterocycles. The molecule has 2 atom stereocenters. The van der Waals surface area contributed by atoms with Crippen molar-refractivity contribution >= 4 is 5.91 Å². The number of amides is 1. The smallest absolute Gasteiger partial charge is 0.249 e. The Bertz CT molecular complexity index is 380. The van der Waals surface area contributed by atoms with Crippen LogP contribution in [-0.4, -0.2) is 32.3 Å². The first-order valence-corrected chi connectivity index (χ1v) is 4.25. The molecule has 82 valence electrons. The molecule has 6 nitrogen and oxygen atoms in total. The zero-order chi connectivity index (χ0) is 11.6. The van der Waals surface area contributed by atoms with Crippen molar-refractivity contribution < 1.29 is 20.1 Å². The van der Waals surface area contributed by atoms with Gasteiger partial charge in [-0.3, -0.25) is 9.78 Å². The van der Waals surface area contributed by atoms with Crippen LogP contribution in [0.2, 0.25) is 0 Å². The van der Waals surface area contributed by atoms with Crippen molar-refractivity contribution in [3.63, 3.8) is 0 Å². The molecule has 0 fully saturated rings. The molecule has 2 unspecified atom stereocenters. The zero-order valence-corrected chi connectivity index (χ0v) is 8.08. The molecule has 6 heteroatoms. The summed E-state index contributed by atoms with van der Waals surface area (Å²) in [4.78, 5) is 14.4. The van der Waals surface area contributed by atoms with Gasteiger partial charge in [-0.05, 0) is 19.1 Å². The monoisotopic (exact) mass is 212 g/mol. The van der Waals surface area contributed by atoms with Crippen molar-refractivity contribution in [3.05, 3.63) is 23.5 Å². The molecule has 5 N–H and O–H groups in total. The minimum absolute atomic E-state index is 0.165. The number of nitrogens with two attached hydrogens (primary N) is 1. The molecule has 0 bridgehead atoms. The van der Waals surface area contributed by atoms with E-state index in [1.54, 1.807) is 6.92 Å². The van der Waals surface area contributed by atoms with E-state index < -0.39 is 18.1 Å². The molecule has 0 radical (unpaired) electrons. The van der Waals surface area contributed by atoms with Crippen LogP contribution in [0.5, 0.6) is 5.75 Å². The lowest BCUT2D eigenvalue weighted by Crippen LogP contribution is -2.34. The number of primary amides is 1. The predicted octanol–water partition coefficient (Wildman–Crippen LogP) is -1.02. The third kappa shape index (κ3) is 2.42. The van der Waals surface area contributed by atoms with Crippen molar-refractivity contribution in [3.8, 4) is 5.75 Å². The quantitative estimate of drug-likeness (QED) is 0.511. The van der Waals surface area contributed by atoms with Gasteiger partial charge in [-0.1, -0.05) is 0 Å². The summed E-state index contributed by atoms with van der Waals surface area (Å²) in [5.74, 6) is -1.38. The van der Waals surface area contributed by atoms with Crippen LogP contribution in [0.1, 0.15) is 17.5 Å². The number of aromatic hydroxyl groups is 1. The molecule has 0 aliphatic carbocycles. The van der Waals surface area contributed by atoms with Crippen LogP contribution >= 0.6 is 0 Å². The molecule has 0 saturated carbocycles. The second-order valence-corrected chi connectivity index (χ2v) is 3.15. The van der Waals surface area contributed by atoms with Gasteiger partial charge in [0.25, 0.3) is 0 Å². The molecule has 0 spiro atoms. The number of aryl methyl sites for hydroxylation is 1. The average molecular weight is 212 g/mol. The Kier molecular flexibility index (Phi) is 3.23. The Hall–Kier alpha value is -1.66. The summed E-state index contributed by atoms with van der Waals surface area (Å²) < 4.78 is 0. The van der Waals surface area contributed by atoms with Crippen LogP contribution in [0.25, 0.3) is 0 Å². The fourth-order valence-electron chi connectivity index (χ4n) is 1.09. The highest BCUT2D eigenvalue weighted by molar-refractivity contribution is 5.79. The average Bonchev–Trinajstić information content (AvgIpc) is 2.19. The van der Waals surface area contributed by atoms with Gasteiger partial charge in [0.15, 0.2) is 6.10 Å². The fraction of sp³-hybridized carbons (Fsp3) is 0.333. The number of hydrogen-bond acceptors (Lipinski definition) is 5. The van der Waals surface area contributed by atoms with Gasteiger partial charge in [-0.2, -0.15) is 0 Å². The third-order valence-corrected chi connectivity index (χ3v) is 1.91. The molecular weight excluding hydrogens is 200 g/mol. The summed E-state index contributed by atoms with van der Waals surface area (Å²) in [7, 11) is 0. The standard InChI is InChI=1S/C9H12N2O4/c1-4-2-3-5(12)6(11-4)7(13)8(14)9(10)15/h2-3,7-8,12-14H,1H3,(H2,10,15). The molecule has 1 heterocycles. The molecule has 1 rings (SSSR count). The molecule has 15 heavy (non-hydrogen) atoms. The number of rotatable bonds is 3. The third-order valence-electron chi connectivity index (χ3n) is 1.91. The Balaban J connectivity index is 3.04. The maximum atomic E-state index is 10.6. The van der Waals surface area contributed by atoms with Crippen molar-refractivity contribution in [2.75, 3.05) is 0 Å². The van der Waals surface area contributed by atoms with Crippen molar-refractivity contribution in [1.82, 2.24) is 4.98 Å². The van der Waals surface area contributed by atoms with E-state index in [1.165, 1.54) is 12.1 Å². The van der Waals surface area contributed by atoms with E-state index in [2.05, 4.69) is 4.98 Å². The Morgan fingerprint density at radius 2 is 2.07 bits per heavy atom. The lowest BCUT2D eigenvalue weighted by Gasteiger charge is -2.15. The molecule has 1 aromatic rings. The van der Waals surface area contributed by atoms with Gasteiger partial charge >= 0.3 is 0 Å². The van der Waals surface area contributed by atoms with E-state index in [0.29, 0.717) is 5.69 Å². The Morgan fingerprint density at radius 3 is 2.60 bits per heavy atom. The maximum Gasteiger partial charge on any atom is 0.249 e. The summed E-state index contributed by atoms with van der Waals surface area (Å²) in [6.45, 7) is 1.65. The number of hydrogen-bond donors (Lipinski definition) is 4. The molecule has 0 aliphatic heterocycles. The van der Waals surface area contributed by atoms with Gasteiger partial charge < -0.3 is 21.1 Å². The highest BCUT2D eigenvalue weighted by Crippen LogP contribution is 2.24. The number of aromatic nitrogens is 1. The molecule has 1 amide bonds. The van der Waals surface area contributed by atoms with Crippen molar-refractivity contribution in [2.45, 2.75) is 19.1 Å². The number of carbonyl (C=O) groups is 1. The first-order chi connectivity index (χ1) is 6.93. The van der Waals surface area contributed by atoms with Crippen molar-refractivity contribution in [1.29, 1.82) is 0 Å².